The first-order chi connectivity index (χ1) is 8.58. The van der Waals surface area contributed by atoms with E-state index in [1.54, 1.807) is 24.1 Å². The second-order valence-electron chi connectivity index (χ2n) is 4.17. The van der Waals surface area contributed by atoms with Crippen molar-refractivity contribution in [1.29, 1.82) is 0 Å². The van der Waals surface area contributed by atoms with Crippen LogP contribution >= 0.6 is 0 Å². The van der Waals surface area contributed by atoms with Crippen LogP contribution in [-0.2, 0) is 11.2 Å². The monoisotopic (exact) mass is 249 g/mol. The lowest BCUT2D eigenvalue weighted by molar-refractivity contribution is -0.129. The normalized spacial score (nSPS) is 11.3. The van der Waals surface area contributed by atoms with Gasteiger partial charge in [-0.05, 0) is 12.0 Å². The van der Waals surface area contributed by atoms with Gasteiger partial charge in [0.1, 0.15) is 0 Å². The first kappa shape index (κ1) is 14.0. The highest BCUT2D eigenvalue weighted by Gasteiger charge is 2.08. The fourth-order valence-electron chi connectivity index (χ4n) is 1.62. The zero-order chi connectivity index (χ0) is 13.5. The molecule has 3 N–H and O–H groups in total. The van der Waals surface area contributed by atoms with E-state index in [9.17, 15) is 4.79 Å². The fraction of sp³-hybridized carbons (Fsp3) is 0.385. The quantitative estimate of drug-likeness (QED) is 0.356. The molecule has 1 aromatic rings. The number of carbonyl (C=O) groups is 1. The third-order valence-electron chi connectivity index (χ3n) is 2.70. The zero-order valence-corrected chi connectivity index (χ0v) is 10.8. The molecule has 98 valence electrons. The topological polar surface area (TPSA) is 78.9 Å². The minimum absolute atomic E-state index is 0.0657. The SMILES string of the molecule is CCCN(C)C(=O)Cc1ccc(C(N)=NO)cc1. The number of amides is 1. The van der Waals surface area contributed by atoms with Crippen molar-refractivity contribution in [3.63, 3.8) is 0 Å². The van der Waals surface area contributed by atoms with E-state index in [4.69, 9.17) is 10.9 Å². The highest BCUT2D eigenvalue weighted by molar-refractivity contribution is 5.97. The third kappa shape index (κ3) is 3.76. The molecule has 0 saturated carbocycles. The van der Waals surface area contributed by atoms with Crippen LogP contribution in [0, 0.1) is 0 Å². The molecule has 0 aliphatic heterocycles. The summed E-state index contributed by atoms with van der Waals surface area (Å²) in [5.74, 6) is 0.157. The maximum atomic E-state index is 11.8. The number of likely N-dealkylation sites (N-methyl/N-ethyl adjacent to an activating group) is 1. The number of nitrogens with zero attached hydrogens (tertiary/aromatic N) is 2. The van der Waals surface area contributed by atoms with Crippen LogP contribution in [0.15, 0.2) is 29.4 Å². The van der Waals surface area contributed by atoms with Crippen LogP contribution in [0.5, 0.6) is 0 Å². The van der Waals surface area contributed by atoms with Crippen LogP contribution in [0.3, 0.4) is 0 Å². The van der Waals surface area contributed by atoms with Crippen molar-refractivity contribution in [3.8, 4) is 0 Å². The van der Waals surface area contributed by atoms with E-state index in [-0.39, 0.29) is 11.7 Å². The van der Waals surface area contributed by atoms with Gasteiger partial charge in [-0.3, -0.25) is 4.79 Å². The Morgan fingerprint density at radius 3 is 2.50 bits per heavy atom. The molecule has 0 fully saturated rings. The minimum Gasteiger partial charge on any atom is -0.409 e. The number of nitrogens with two attached hydrogens (primary N) is 1. The average Bonchev–Trinajstić information content (AvgIpc) is 2.39. The van der Waals surface area contributed by atoms with E-state index >= 15 is 0 Å². The van der Waals surface area contributed by atoms with Gasteiger partial charge in [0.05, 0.1) is 6.42 Å². The number of oxime groups is 1. The lowest BCUT2D eigenvalue weighted by Crippen LogP contribution is -2.28. The molecule has 0 unspecified atom stereocenters. The van der Waals surface area contributed by atoms with E-state index in [1.165, 1.54) is 0 Å². The van der Waals surface area contributed by atoms with Crippen molar-refractivity contribution < 1.29 is 10.0 Å². The summed E-state index contributed by atoms with van der Waals surface area (Å²) in [5.41, 5.74) is 7.01. The molecule has 1 aromatic carbocycles. The number of hydrogen-bond acceptors (Lipinski definition) is 3. The number of benzene rings is 1. The maximum Gasteiger partial charge on any atom is 0.226 e. The van der Waals surface area contributed by atoms with E-state index < -0.39 is 0 Å². The van der Waals surface area contributed by atoms with Gasteiger partial charge in [-0.1, -0.05) is 36.3 Å². The standard InChI is InChI=1S/C13H19N3O2/c1-3-8-16(2)12(17)9-10-4-6-11(7-5-10)13(14)15-18/h4-7,18H,3,8-9H2,1-2H3,(H2,14,15). The van der Waals surface area contributed by atoms with Crippen LogP contribution in [-0.4, -0.2) is 35.4 Å². The lowest BCUT2D eigenvalue weighted by atomic mass is 10.1. The number of rotatable bonds is 5. The Morgan fingerprint density at radius 1 is 1.39 bits per heavy atom. The fourth-order valence-corrected chi connectivity index (χ4v) is 1.62. The van der Waals surface area contributed by atoms with Gasteiger partial charge >= 0.3 is 0 Å². The highest BCUT2D eigenvalue weighted by atomic mass is 16.4. The van der Waals surface area contributed by atoms with Crippen molar-refractivity contribution in [3.05, 3.63) is 35.4 Å². The molecule has 0 aliphatic carbocycles. The molecule has 0 saturated heterocycles. The Labute approximate surface area is 107 Å². The third-order valence-corrected chi connectivity index (χ3v) is 2.70. The largest absolute Gasteiger partial charge is 0.409 e. The van der Waals surface area contributed by atoms with Gasteiger partial charge in [-0.2, -0.15) is 0 Å². The van der Waals surface area contributed by atoms with Crippen molar-refractivity contribution in [2.75, 3.05) is 13.6 Å². The Hall–Kier alpha value is -2.04. The second kappa shape index (κ2) is 6.64. The Morgan fingerprint density at radius 2 is 2.00 bits per heavy atom. The predicted molar refractivity (Wildman–Crippen MR) is 70.6 cm³/mol. The van der Waals surface area contributed by atoms with E-state index in [0.717, 1.165) is 18.5 Å². The molecule has 0 spiro atoms. The molecule has 0 aromatic heterocycles. The van der Waals surface area contributed by atoms with Gasteiger partial charge in [0.15, 0.2) is 5.84 Å². The molecule has 5 nitrogen and oxygen atoms in total. The molecule has 0 bridgehead atoms. The van der Waals surface area contributed by atoms with Crippen molar-refractivity contribution in [2.45, 2.75) is 19.8 Å². The summed E-state index contributed by atoms with van der Waals surface area (Å²) in [5, 5.41) is 11.5. The van der Waals surface area contributed by atoms with Crippen LogP contribution < -0.4 is 5.73 Å². The van der Waals surface area contributed by atoms with Gasteiger partial charge in [0.25, 0.3) is 0 Å². The molecule has 0 radical (unpaired) electrons. The van der Waals surface area contributed by atoms with Crippen molar-refractivity contribution >= 4 is 11.7 Å². The summed E-state index contributed by atoms with van der Waals surface area (Å²) < 4.78 is 0. The van der Waals surface area contributed by atoms with Gasteiger partial charge in [0.2, 0.25) is 5.91 Å². The molecular weight excluding hydrogens is 230 g/mol. The van der Waals surface area contributed by atoms with Crippen LogP contribution in [0.1, 0.15) is 24.5 Å². The van der Waals surface area contributed by atoms with E-state index in [0.29, 0.717) is 12.0 Å². The number of amidine groups is 1. The molecule has 0 aliphatic rings. The molecule has 1 rings (SSSR count). The Balaban J connectivity index is 2.67. The van der Waals surface area contributed by atoms with Gasteiger partial charge in [-0.25, -0.2) is 0 Å². The Bertz CT molecular complexity index is 426. The predicted octanol–water partition coefficient (Wildman–Crippen LogP) is 1.19. The molecule has 5 heteroatoms. The van der Waals surface area contributed by atoms with E-state index in [2.05, 4.69) is 5.16 Å². The maximum absolute atomic E-state index is 11.8. The molecule has 1 amide bonds. The summed E-state index contributed by atoms with van der Waals surface area (Å²) in [4.78, 5) is 13.5. The lowest BCUT2D eigenvalue weighted by Gasteiger charge is -2.16. The second-order valence-corrected chi connectivity index (χ2v) is 4.17. The molecule has 0 atom stereocenters. The molecule has 18 heavy (non-hydrogen) atoms. The van der Waals surface area contributed by atoms with E-state index in [1.807, 2.05) is 19.1 Å². The van der Waals surface area contributed by atoms with Crippen LogP contribution in [0.2, 0.25) is 0 Å². The van der Waals surface area contributed by atoms with Crippen molar-refractivity contribution in [2.24, 2.45) is 10.9 Å². The zero-order valence-electron chi connectivity index (χ0n) is 10.8. The highest BCUT2D eigenvalue weighted by Crippen LogP contribution is 2.06. The minimum atomic E-state index is 0.0657. The summed E-state index contributed by atoms with van der Waals surface area (Å²) >= 11 is 0. The molecule has 0 heterocycles. The summed E-state index contributed by atoms with van der Waals surface area (Å²) in [6, 6.07) is 7.09. The summed E-state index contributed by atoms with van der Waals surface area (Å²) in [7, 11) is 1.80. The van der Waals surface area contributed by atoms with Crippen LogP contribution in [0.25, 0.3) is 0 Å². The van der Waals surface area contributed by atoms with Crippen molar-refractivity contribution in [1.82, 2.24) is 4.90 Å². The molecular formula is C13H19N3O2. The smallest absolute Gasteiger partial charge is 0.226 e. The number of carbonyl (C=O) groups excluding carboxylic acids is 1. The van der Waals surface area contributed by atoms with Gasteiger partial charge < -0.3 is 15.8 Å². The van der Waals surface area contributed by atoms with Gasteiger partial charge in [0, 0.05) is 19.2 Å². The van der Waals surface area contributed by atoms with Gasteiger partial charge in [-0.15, -0.1) is 0 Å². The Kier molecular flexibility index (Phi) is 5.17. The van der Waals surface area contributed by atoms with Crippen LogP contribution in [0.4, 0.5) is 0 Å². The first-order valence-electron chi connectivity index (χ1n) is 5.89. The average molecular weight is 249 g/mol. The first-order valence-corrected chi connectivity index (χ1v) is 5.89. The number of hydrogen-bond donors (Lipinski definition) is 2. The summed E-state index contributed by atoms with van der Waals surface area (Å²) in [6.07, 6.45) is 1.32. The summed E-state index contributed by atoms with van der Waals surface area (Å²) in [6.45, 7) is 2.80.